The van der Waals surface area contributed by atoms with E-state index in [2.05, 4.69) is 46.7 Å². The lowest BCUT2D eigenvalue weighted by Gasteiger charge is -2.28. The van der Waals surface area contributed by atoms with Crippen LogP contribution >= 0.6 is 0 Å². The van der Waals surface area contributed by atoms with E-state index in [1.807, 2.05) is 12.1 Å². The van der Waals surface area contributed by atoms with Gasteiger partial charge in [0.25, 0.3) is 6.29 Å². The normalized spacial score (nSPS) is 18.1. The lowest BCUT2D eigenvalue weighted by molar-refractivity contribution is -0.170. The number of ether oxygens (including phenoxy) is 1. The molecular formula is C19H27NO4. The van der Waals surface area contributed by atoms with Gasteiger partial charge in [0, 0.05) is 23.6 Å². The van der Waals surface area contributed by atoms with Crippen LogP contribution in [0.15, 0.2) is 17.3 Å². The quantitative estimate of drug-likeness (QED) is 0.831. The third-order valence-electron chi connectivity index (χ3n) is 4.00. The minimum absolute atomic E-state index is 0.213. The lowest BCUT2D eigenvalue weighted by Crippen LogP contribution is -2.20. The fourth-order valence-corrected chi connectivity index (χ4v) is 2.72. The number of rotatable bonds is 2. The number of carbonyl (C=O) groups is 1. The molecule has 1 aliphatic heterocycles. The van der Waals surface area contributed by atoms with E-state index in [-0.39, 0.29) is 10.8 Å². The average molecular weight is 333 g/mol. The fourth-order valence-electron chi connectivity index (χ4n) is 2.72. The first-order chi connectivity index (χ1) is 10.9. The highest BCUT2D eigenvalue weighted by atomic mass is 16.8. The van der Waals surface area contributed by atoms with E-state index in [4.69, 9.17) is 9.57 Å². The van der Waals surface area contributed by atoms with Gasteiger partial charge in [-0.15, -0.1) is 0 Å². The highest BCUT2D eigenvalue weighted by molar-refractivity contribution is 6.02. The number of oxime groups is 1. The number of esters is 1. The molecule has 0 fully saturated rings. The second kappa shape index (κ2) is 6.11. The predicted molar refractivity (Wildman–Crippen MR) is 93.3 cm³/mol. The largest absolute Gasteiger partial charge is 0.507 e. The molecule has 0 aliphatic carbocycles. The van der Waals surface area contributed by atoms with Gasteiger partial charge in [0.15, 0.2) is 0 Å². The van der Waals surface area contributed by atoms with Crippen LogP contribution in [0.3, 0.4) is 0 Å². The van der Waals surface area contributed by atoms with Crippen molar-refractivity contribution in [1.82, 2.24) is 0 Å². The van der Waals surface area contributed by atoms with Gasteiger partial charge in [-0.3, -0.25) is 4.79 Å². The molecule has 5 nitrogen and oxygen atoms in total. The zero-order chi connectivity index (χ0) is 18.3. The Morgan fingerprint density at radius 2 is 1.67 bits per heavy atom. The molecule has 1 aromatic carbocycles. The summed E-state index contributed by atoms with van der Waals surface area (Å²) in [5.74, 6) is -0.0669. The van der Waals surface area contributed by atoms with Crippen LogP contribution in [-0.2, 0) is 25.2 Å². The zero-order valence-corrected chi connectivity index (χ0v) is 15.6. The number of nitrogens with zero attached hydrogens (tertiary/aromatic N) is 1. The monoisotopic (exact) mass is 333 g/mol. The molecule has 2 rings (SSSR count). The smallest absolute Gasteiger partial charge is 0.305 e. The number of hydrogen-bond donors (Lipinski definition) is 1. The summed E-state index contributed by atoms with van der Waals surface area (Å²) < 4.78 is 5.06. The molecular weight excluding hydrogens is 306 g/mol. The number of hydrogen-bond acceptors (Lipinski definition) is 5. The summed E-state index contributed by atoms with van der Waals surface area (Å²) in [7, 11) is 0. The standard InChI is InChI=1S/C19H27NO4/c1-11(21)23-16-10-15(20-24-16)12-8-13(18(2,3)4)17(22)14(9-12)19(5,6)7/h8-9,16,22H,10H2,1-7H3/t16-/m1/s1. The molecule has 1 heterocycles. The summed E-state index contributed by atoms with van der Waals surface area (Å²) in [5, 5.41) is 14.8. The molecule has 0 amide bonds. The summed E-state index contributed by atoms with van der Waals surface area (Å²) in [4.78, 5) is 16.3. The van der Waals surface area contributed by atoms with Crippen LogP contribution in [0.2, 0.25) is 0 Å². The third kappa shape index (κ3) is 3.89. The Kier molecular flexibility index (Phi) is 4.66. The van der Waals surface area contributed by atoms with Gasteiger partial charge < -0.3 is 14.7 Å². The maximum atomic E-state index is 11.1. The summed E-state index contributed by atoms with van der Waals surface area (Å²) in [6.07, 6.45) is -0.278. The molecule has 0 aromatic heterocycles. The van der Waals surface area contributed by atoms with Gasteiger partial charge in [-0.05, 0) is 23.0 Å². The van der Waals surface area contributed by atoms with E-state index in [1.165, 1.54) is 6.92 Å². The van der Waals surface area contributed by atoms with Crippen molar-refractivity contribution in [1.29, 1.82) is 0 Å². The molecule has 0 saturated carbocycles. The van der Waals surface area contributed by atoms with Gasteiger partial charge in [-0.2, -0.15) is 0 Å². The van der Waals surface area contributed by atoms with Crippen molar-refractivity contribution in [2.24, 2.45) is 5.16 Å². The molecule has 0 radical (unpaired) electrons. The van der Waals surface area contributed by atoms with E-state index < -0.39 is 12.3 Å². The zero-order valence-electron chi connectivity index (χ0n) is 15.6. The van der Waals surface area contributed by atoms with Crippen LogP contribution in [0.25, 0.3) is 0 Å². The highest BCUT2D eigenvalue weighted by Crippen LogP contribution is 2.40. The number of benzene rings is 1. The first-order valence-electron chi connectivity index (χ1n) is 8.18. The molecule has 1 atom stereocenters. The Morgan fingerprint density at radius 1 is 1.17 bits per heavy atom. The predicted octanol–water partition coefficient (Wildman–Crippen LogP) is 4.00. The molecule has 0 spiro atoms. The Hall–Kier alpha value is -2.04. The van der Waals surface area contributed by atoms with Crippen molar-refractivity contribution in [2.45, 2.75) is 72.0 Å². The second-order valence-corrected chi connectivity index (χ2v) is 8.31. The number of carbonyl (C=O) groups excluding carboxylic acids is 1. The summed E-state index contributed by atoms with van der Waals surface area (Å²) in [6, 6.07) is 3.89. The minimum Gasteiger partial charge on any atom is -0.507 e. The molecule has 1 N–H and O–H groups in total. The number of phenols is 1. The van der Waals surface area contributed by atoms with Crippen LogP contribution < -0.4 is 0 Å². The Labute approximate surface area is 143 Å². The third-order valence-corrected chi connectivity index (χ3v) is 4.00. The van der Waals surface area contributed by atoms with Gasteiger partial charge >= 0.3 is 5.97 Å². The Balaban J connectivity index is 2.47. The summed E-state index contributed by atoms with van der Waals surface area (Å²) in [5.41, 5.74) is 2.91. The molecule has 132 valence electrons. The second-order valence-electron chi connectivity index (χ2n) is 8.31. The molecule has 1 aromatic rings. The highest BCUT2D eigenvalue weighted by Gasteiger charge is 2.30. The fraction of sp³-hybridized carbons (Fsp3) is 0.579. The van der Waals surface area contributed by atoms with Crippen molar-refractivity contribution in [3.05, 3.63) is 28.8 Å². The van der Waals surface area contributed by atoms with E-state index in [1.54, 1.807) is 0 Å². The molecule has 0 bridgehead atoms. The van der Waals surface area contributed by atoms with E-state index >= 15 is 0 Å². The SMILES string of the molecule is CC(=O)O[C@H]1CC(c2cc(C(C)(C)C)c(O)c(C(C)(C)C)c2)=NO1. The Morgan fingerprint density at radius 3 is 2.08 bits per heavy atom. The molecule has 0 unspecified atom stereocenters. The van der Waals surface area contributed by atoms with Gasteiger partial charge in [-0.25, -0.2) is 0 Å². The topological polar surface area (TPSA) is 68.1 Å². The number of phenolic OH excluding ortho intramolecular Hbond substituents is 1. The van der Waals surface area contributed by atoms with Crippen LogP contribution in [-0.4, -0.2) is 23.1 Å². The van der Waals surface area contributed by atoms with E-state index in [9.17, 15) is 9.90 Å². The van der Waals surface area contributed by atoms with Gasteiger partial charge in [0.1, 0.15) is 5.75 Å². The maximum Gasteiger partial charge on any atom is 0.305 e. The van der Waals surface area contributed by atoms with Crippen LogP contribution in [0, 0.1) is 0 Å². The Bertz CT molecular complexity index is 643. The van der Waals surface area contributed by atoms with E-state index in [0.717, 1.165) is 22.4 Å². The van der Waals surface area contributed by atoms with Crippen molar-refractivity contribution < 1.29 is 19.5 Å². The lowest BCUT2D eigenvalue weighted by atomic mass is 9.78. The summed E-state index contributed by atoms with van der Waals surface area (Å²) in [6.45, 7) is 13.7. The van der Waals surface area contributed by atoms with Gasteiger partial charge in [-0.1, -0.05) is 46.7 Å². The van der Waals surface area contributed by atoms with Crippen molar-refractivity contribution in [3.8, 4) is 5.75 Å². The van der Waals surface area contributed by atoms with Crippen molar-refractivity contribution >= 4 is 11.7 Å². The van der Waals surface area contributed by atoms with Gasteiger partial charge in [0.05, 0.1) is 12.1 Å². The molecule has 1 aliphatic rings. The molecule has 5 heteroatoms. The molecule has 24 heavy (non-hydrogen) atoms. The van der Waals surface area contributed by atoms with E-state index in [0.29, 0.717) is 12.2 Å². The first kappa shape index (κ1) is 18.3. The first-order valence-corrected chi connectivity index (χ1v) is 8.18. The minimum atomic E-state index is -0.678. The number of aromatic hydroxyl groups is 1. The van der Waals surface area contributed by atoms with Gasteiger partial charge in [0.2, 0.25) is 0 Å². The van der Waals surface area contributed by atoms with Crippen molar-refractivity contribution in [3.63, 3.8) is 0 Å². The maximum absolute atomic E-state index is 11.1. The molecule has 0 saturated heterocycles. The average Bonchev–Trinajstić information content (AvgIpc) is 2.83. The van der Waals surface area contributed by atoms with Crippen molar-refractivity contribution in [2.75, 3.05) is 0 Å². The van der Waals surface area contributed by atoms with Crippen LogP contribution in [0.4, 0.5) is 0 Å². The van der Waals surface area contributed by atoms with Crippen LogP contribution in [0.1, 0.15) is 71.6 Å². The van der Waals surface area contributed by atoms with Crippen LogP contribution in [0.5, 0.6) is 5.75 Å². The summed E-state index contributed by atoms with van der Waals surface area (Å²) >= 11 is 0.